The van der Waals surface area contributed by atoms with E-state index in [2.05, 4.69) is 9.47 Å². The highest BCUT2D eigenvalue weighted by molar-refractivity contribution is 5.44. The Kier molecular flexibility index (Phi) is 37.4. The summed E-state index contributed by atoms with van der Waals surface area (Å²) in [7, 11) is 4.84. The van der Waals surface area contributed by atoms with Crippen LogP contribution in [0.15, 0.2) is 0 Å². The summed E-state index contributed by atoms with van der Waals surface area (Å²) < 4.78 is 14.0. The van der Waals surface area contributed by atoms with Crippen molar-refractivity contribution in [2.45, 2.75) is 52.9 Å². The third-order valence-corrected chi connectivity index (χ3v) is 1.79. The summed E-state index contributed by atoms with van der Waals surface area (Å²) in [5.41, 5.74) is 0. The van der Waals surface area contributed by atoms with E-state index in [1.54, 1.807) is 35.2 Å². The first-order valence-corrected chi connectivity index (χ1v) is 6.50. The first kappa shape index (κ1) is 27.8. The van der Waals surface area contributed by atoms with Crippen molar-refractivity contribution in [3.63, 3.8) is 0 Å². The standard InChI is InChI=1S/2C4H10O2.C4H10O.C2H4O/c2*1-4(3-5)6-2;1-4(2)5-3;1-2-3/h2*4-5H,3H2,1-2H3;4H,1-3H3;2H,1H3. The maximum atomic E-state index is 8.81. The van der Waals surface area contributed by atoms with E-state index in [1.165, 1.54) is 6.92 Å². The lowest BCUT2D eigenvalue weighted by atomic mass is 10.4. The lowest BCUT2D eigenvalue weighted by Crippen LogP contribution is -2.08. The Morgan fingerprint density at radius 2 is 1.05 bits per heavy atom. The lowest BCUT2D eigenvalue weighted by molar-refractivity contribution is -0.106. The molecular formula is C14H34O6. The minimum Gasteiger partial charge on any atom is -0.394 e. The van der Waals surface area contributed by atoms with Crippen molar-refractivity contribution in [2.75, 3.05) is 34.5 Å². The zero-order valence-corrected chi connectivity index (χ0v) is 14.3. The molecule has 0 rings (SSSR count). The van der Waals surface area contributed by atoms with Crippen LogP contribution >= 0.6 is 0 Å². The van der Waals surface area contributed by atoms with Gasteiger partial charge in [0.25, 0.3) is 0 Å². The number of aldehydes is 1. The minimum absolute atomic E-state index is 0.00926. The van der Waals surface area contributed by atoms with Crippen molar-refractivity contribution >= 4 is 6.29 Å². The summed E-state index contributed by atoms with van der Waals surface area (Å²) in [6, 6.07) is 0. The predicted molar refractivity (Wildman–Crippen MR) is 81.0 cm³/mol. The van der Waals surface area contributed by atoms with Gasteiger partial charge in [-0.05, 0) is 34.6 Å². The third-order valence-electron chi connectivity index (χ3n) is 1.79. The molecule has 0 aromatic heterocycles. The van der Waals surface area contributed by atoms with Gasteiger partial charge in [-0.2, -0.15) is 0 Å². The quantitative estimate of drug-likeness (QED) is 0.744. The van der Waals surface area contributed by atoms with Gasteiger partial charge >= 0.3 is 0 Å². The maximum Gasteiger partial charge on any atom is 0.116 e. The third kappa shape index (κ3) is 52.8. The average molecular weight is 298 g/mol. The second-order valence-corrected chi connectivity index (χ2v) is 3.98. The Morgan fingerprint density at radius 3 is 1.05 bits per heavy atom. The van der Waals surface area contributed by atoms with Crippen LogP contribution in [-0.4, -0.2) is 69.4 Å². The zero-order chi connectivity index (χ0) is 17.0. The number of carbonyl (C=O) groups is 1. The highest BCUT2D eigenvalue weighted by atomic mass is 16.5. The van der Waals surface area contributed by atoms with Crippen molar-refractivity contribution < 1.29 is 29.2 Å². The van der Waals surface area contributed by atoms with Crippen LogP contribution in [0.4, 0.5) is 0 Å². The van der Waals surface area contributed by atoms with Crippen molar-refractivity contribution in [1.82, 2.24) is 0 Å². The van der Waals surface area contributed by atoms with E-state index >= 15 is 0 Å². The molecule has 0 radical (unpaired) electrons. The summed E-state index contributed by atoms with van der Waals surface area (Å²) in [6.45, 7) is 9.27. The van der Waals surface area contributed by atoms with Crippen molar-refractivity contribution in [1.29, 1.82) is 0 Å². The maximum absolute atomic E-state index is 8.81. The number of aliphatic hydroxyl groups excluding tert-OH is 2. The highest BCUT2D eigenvalue weighted by Crippen LogP contribution is 1.80. The van der Waals surface area contributed by atoms with E-state index in [-0.39, 0.29) is 25.4 Å². The fourth-order valence-electron chi connectivity index (χ4n) is 0.149. The Balaban J connectivity index is -0.0000000879. The summed E-state index contributed by atoms with van der Waals surface area (Å²) in [4.78, 5) is 8.81. The van der Waals surface area contributed by atoms with E-state index in [4.69, 9.17) is 19.7 Å². The molecule has 2 atom stereocenters. The molecule has 0 bridgehead atoms. The van der Waals surface area contributed by atoms with Gasteiger partial charge in [0.1, 0.15) is 6.29 Å². The van der Waals surface area contributed by atoms with Crippen LogP contribution in [0.2, 0.25) is 0 Å². The molecule has 2 unspecified atom stereocenters. The van der Waals surface area contributed by atoms with Gasteiger partial charge in [-0.1, -0.05) is 0 Å². The Labute approximate surface area is 124 Å². The summed E-state index contributed by atoms with van der Waals surface area (Å²) in [5, 5.41) is 16.4. The molecule has 0 aromatic carbocycles. The number of hydrogen-bond acceptors (Lipinski definition) is 6. The molecule has 6 nitrogen and oxygen atoms in total. The monoisotopic (exact) mass is 298 g/mol. The molecule has 126 valence electrons. The molecule has 0 fully saturated rings. The van der Waals surface area contributed by atoms with E-state index in [0.29, 0.717) is 6.10 Å². The number of methoxy groups -OCH3 is 3. The summed E-state index contributed by atoms with van der Waals surface area (Å²) in [6.07, 6.45) is 1.12. The fourth-order valence-corrected chi connectivity index (χ4v) is 0.149. The van der Waals surface area contributed by atoms with E-state index in [0.717, 1.165) is 6.29 Å². The van der Waals surface area contributed by atoms with Crippen LogP contribution in [0.5, 0.6) is 0 Å². The largest absolute Gasteiger partial charge is 0.394 e. The molecule has 0 saturated heterocycles. The van der Waals surface area contributed by atoms with Gasteiger partial charge < -0.3 is 29.2 Å². The predicted octanol–water partition coefficient (Wildman–Crippen LogP) is 1.27. The first-order valence-electron chi connectivity index (χ1n) is 6.50. The molecule has 6 heteroatoms. The Bertz CT molecular complexity index is 135. The molecule has 0 aliphatic heterocycles. The van der Waals surface area contributed by atoms with Gasteiger partial charge in [-0.15, -0.1) is 0 Å². The number of rotatable bonds is 5. The van der Waals surface area contributed by atoms with Crippen LogP contribution in [-0.2, 0) is 19.0 Å². The number of ether oxygens (including phenoxy) is 3. The average Bonchev–Trinajstić information content (AvgIpc) is 2.47. The molecular weight excluding hydrogens is 264 g/mol. The normalized spacial score (nSPS) is 11.8. The van der Waals surface area contributed by atoms with E-state index in [9.17, 15) is 0 Å². The molecule has 20 heavy (non-hydrogen) atoms. The van der Waals surface area contributed by atoms with Crippen molar-refractivity contribution in [3.8, 4) is 0 Å². The number of hydrogen-bond donors (Lipinski definition) is 2. The van der Waals surface area contributed by atoms with Gasteiger partial charge in [0.05, 0.1) is 31.5 Å². The SMILES string of the molecule is CC=O.COC(C)C.COC(C)CO.COC(C)CO. The second kappa shape index (κ2) is 26.9. The van der Waals surface area contributed by atoms with Gasteiger partial charge in [0, 0.05) is 21.3 Å². The summed E-state index contributed by atoms with van der Waals surface area (Å²) >= 11 is 0. The van der Waals surface area contributed by atoms with Gasteiger partial charge in [-0.25, -0.2) is 0 Å². The van der Waals surface area contributed by atoms with Gasteiger partial charge in [0.15, 0.2) is 0 Å². The lowest BCUT2D eigenvalue weighted by Gasteiger charge is -2.00. The minimum atomic E-state index is -0.00926. The highest BCUT2D eigenvalue weighted by Gasteiger charge is 1.90. The van der Waals surface area contributed by atoms with Crippen molar-refractivity contribution in [3.05, 3.63) is 0 Å². The molecule has 0 heterocycles. The topological polar surface area (TPSA) is 85.2 Å². The Morgan fingerprint density at radius 1 is 0.850 bits per heavy atom. The smallest absolute Gasteiger partial charge is 0.116 e. The number of aliphatic hydroxyl groups is 2. The fraction of sp³-hybridized carbons (Fsp3) is 0.929. The van der Waals surface area contributed by atoms with Crippen LogP contribution in [0.1, 0.15) is 34.6 Å². The molecule has 0 saturated carbocycles. The molecule has 0 aromatic rings. The zero-order valence-electron chi connectivity index (χ0n) is 14.3. The first-order chi connectivity index (χ1) is 9.30. The van der Waals surface area contributed by atoms with Crippen LogP contribution < -0.4 is 0 Å². The molecule has 2 N–H and O–H groups in total. The summed E-state index contributed by atoms with van der Waals surface area (Å²) in [5.74, 6) is 0. The van der Waals surface area contributed by atoms with Crippen molar-refractivity contribution in [2.24, 2.45) is 0 Å². The van der Waals surface area contributed by atoms with Gasteiger partial charge in [-0.3, -0.25) is 0 Å². The van der Waals surface area contributed by atoms with Crippen LogP contribution in [0.25, 0.3) is 0 Å². The van der Waals surface area contributed by atoms with E-state index < -0.39 is 0 Å². The van der Waals surface area contributed by atoms with E-state index in [1.807, 2.05) is 13.8 Å². The molecule has 0 aliphatic carbocycles. The molecule has 0 aliphatic rings. The Hall–Kier alpha value is -0.530. The second-order valence-electron chi connectivity index (χ2n) is 3.98. The van der Waals surface area contributed by atoms with Crippen LogP contribution in [0.3, 0.4) is 0 Å². The molecule has 0 amide bonds. The van der Waals surface area contributed by atoms with Gasteiger partial charge in [0.2, 0.25) is 0 Å². The van der Waals surface area contributed by atoms with Crippen LogP contribution in [0, 0.1) is 0 Å². The number of carbonyl (C=O) groups excluding carboxylic acids is 1. The molecule has 0 spiro atoms.